The van der Waals surface area contributed by atoms with Crippen LogP contribution in [-0.2, 0) is 6.42 Å². The van der Waals surface area contributed by atoms with Crippen LogP contribution in [0.2, 0.25) is 0 Å². The Hall–Kier alpha value is -1.15. The van der Waals surface area contributed by atoms with Gasteiger partial charge in [-0.1, -0.05) is 25.1 Å². The van der Waals surface area contributed by atoms with Crippen LogP contribution in [-0.4, -0.2) is 13.1 Å². The van der Waals surface area contributed by atoms with E-state index in [1.54, 1.807) is 6.07 Å². The lowest BCUT2D eigenvalue weighted by molar-refractivity contribution is 0.624. The van der Waals surface area contributed by atoms with Crippen LogP contribution in [0.3, 0.4) is 0 Å². The Kier molecular flexibility index (Phi) is 5.20. The summed E-state index contributed by atoms with van der Waals surface area (Å²) in [7, 11) is 0. The van der Waals surface area contributed by atoms with Crippen LogP contribution in [0.25, 0.3) is 0 Å². The first-order chi connectivity index (χ1) is 7.63. The fourth-order valence-corrected chi connectivity index (χ4v) is 1.55. The number of hydrogen-bond donors (Lipinski definition) is 1. The Morgan fingerprint density at radius 1 is 1.44 bits per heavy atom. The van der Waals surface area contributed by atoms with Gasteiger partial charge in [0.1, 0.15) is 5.82 Å². The van der Waals surface area contributed by atoms with Gasteiger partial charge in [-0.15, -0.1) is 0 Å². The zero-order valence-corrected chi connectivity index (χ0v) is 10.1. The van der Waals surface area contributed by atoms with Gasteiger partial charge in [-0.05, 0) is 49.6 Å². The largest absolute Gasteiger partial charge is 0.313 e. The normalized spacial score (nSPS) is 10.4. The zero-order chi connectivity index (χ0) is 12.0. The molecule has 0 unspecified atom stereocenters. The molecule has 2 heteroatoms. The molecular weight excluding hydrogens is 201 g/mol. The number of aryl methyl sites for hydroxylation is 1. The van der Waals surface area contributed by atoms with Crippen LogP contribution in [0.15, 0.2) is 30.4 Å². The summed E-state index contributed by atoms with van der Waals surface area (Å²) in [6.07, 6.45) is 1.95. The van der Waals surface area contributed by atoms with Gasteiger partial charge in [-0.3, -0.25) is 0 Å². The molecule has 0 fully saturated rings. The molecule has 0 aliphatic carbocycles. The lowest BCUT2D eigenvalue weighted by atomic mass is 10.1. The fourth-order valence-electron chi connectivity index (χ4n) is 1.55. The van der Waals surface area contributed by atoms with Gasteiger partial charge in [0.25, 0.3) is 0 Å². The third-order valence-corrected chi connectivity index (χ3v) is 2.75. The van der Waals surface area contributed by atoms with Gasteiger partial charge in [-0.2, -0.15) is 0 Å². The highest BCUT2D eigenvalue weighted by atomic mass is 19.1. The summed E-state index contributed by atoms with van der Waals surface area (Å²) in [5, 5.41) is 3.33. The topological polar surface area (TPSA) is 12.0 Å². The summed E-state index contributed by atoms with van der Waals surface area (Å²) >= 11 is 0. The molecule has 0 aliphatic heterocycles. The average Bonchev–Trinajstić information content (AvgIpc) is 2.26. The quantitative estimate of drug-likeness (QED) is 0.574. The molecule has 1 N–H and O–H groups in total. The third kappa shape index (κ3) is 4.15. The number of benzene rings is 1. The molecule has 0 atom stereocenters. The highest BCUT2D eigenvalue weighted by molar-refractivity contribution is 5.26. The van der Waals surface area contributed by atoms with E-state index in [9.17, 15) is 4.39 Å². The van der Waals surface area contributed by atoms with Crippen LogP contribution < -0.4 is 5.32 Å². The van der Waals surface area contributed by atoms with E-state index in [2.05, 4.69) is 18.8 Å². The maximum atomic E-state index is 12.9. The van der Waals surface area contributed by atoms with Gasteiger partial charge in [0, 0.05) is 6.54 Å². The Morgan fingerprint density at radius 3 is 2.81 bits per heavy atom. The van der Waals surface area contributed by atoms with E-state index in [-0.39, 0.29) is 5.82 Å². The smallest absolute Gasteiger partial charge is 0.123 e. The van der Waals surface area contributed by atoms with Crippen LogP contribution >= 0.6 is 0 Å². The predicted octanol–water partition coefficient (Wildman–Crippen LogP) is 3.23. The first-order valence-electron chi connectivity index (χ1n) is 5.76. The third-order valence-electron chi connectivity index (χ3n) is 2.75. The molecule has 0 radical (unpaired) electrons. The summed E-state index contributed by atoms with van der Waals surface area (Å²) in [6.45, 7) is 9.77. The molecule has 0 saturated carbocycles. The van der Waals surface area contributed by atoms with Gasteiger partial charge in [0.05, 0.1) is 0 Å². The van der Waals surface area contributed by atoms with Crippen molar-refractivity contribution in [3.05, 3.63) is 47.3 Å². The molecule has 0 amide bonds. The fraction of sp³-hybridized carbons (Fsp3) is 0.429. The molecule has 1 aromatic rings. The van der Waals surface area contributed by atoms with Crippen molar-refractivity contribution in [2.45, 2.75) is 26.7 Å². The Balaban J connectivity index is 2.35. The van der Waals surface area contributed by atoms with Crippen molar-refractivity contribution in [3.63, 3.8) is 0 Å². The molecule has 1 aromatic carbocycles. The van der Waals surface area contributed by atoms with Gasteiger partial charge in [0.2, 0.25) is 0 Å². The second-order valence-corrected chi connectivity index (χ2v) is 4.10. The Morgan fingerprint density at radius 2 is 2.19 bits per heavy atom. The molecule has 0 heterocycles. The first-order valence-corrected chi connectivity index (χ1v) is 5.76. The molecule has 0 spiro atoms. The Bertz CT molecular complexity index is 358. The van der Waals surface area contributed by atoms with Crippen LogP contribution in [0.5, 0.6) is 0 Å². The zero-order valence-electron chi connectivity index (χ0n) is 10.1. The van der Waals surface area contributed by atoms with Crippen molar-refractivity contribution in [1.82, 2.24) is 5.32 Å². The minimum Gasteiger partial charge on any atom is -0.313 e. The standard InChI is InChI=1S/C14H20FN/c1-4-11(2)10-16-8-7-13-5-6-14(15)9-12(13)3/h5-6,9,16H,2,4,7-8,10H2,1,3H3. The van der Waals surface area contributed by atoms with Crippen molar-refractivity contribution in [3.8, 4) is 0 Å². The molecule has 88 valence electrons. The number of rotatable bonds is 6. The first kappa shape index (κ1) is 12.9. The molecule has 16 heavy (non-hydrogen) atoms. The lowest BCUT2D eigenvalue weighted by Crippen LogP contribution is -2.19. The molecule has 0 aromatic heterocycles. The van der Waals surface area contributed by atoms with Crippen molar-refractivity contribution in [1.29, 1.82) is 0 Å². The second kappa shape index (κ2) is 6.44. The molecule has 0 saturated heterocycles. The van der Waals surface area contributed by atoms with Crippen LogP contribution in [0.4, 0.5) is 4.39 Å². The summed E-state index contributed by atoms with van der Waals surface area (Å²) in [4.78, 5) is 0. The number of hydrogen-bond acceptors (Lipinski definition) is 1. The van der Waals surface area contributed by atoms with E-state index in [0.29, 0.717) is 0 Å². The van der Waals surface area contributed by atoms with E-state index in [4.69, 9.17) is 0 Å². The van der Waals surface area contributed by atoms with Gasteiger partial charge in [-0.25, -0.2) is 4.39 Å². The molecule has 0 bridgehead atoms. The second-order valence-electron chi connectivity index (χ2n) is 4.10. The molecular formula is C14H20FN. The highest BCUT2D eigenvalue weighted by Crippen LogP contribution is 2.10. The maximum absolute atomic E-state index is 12.9. The molecule has 0 aliphatic rings. The van der Waals surface area contributed by atoms with Crippen molar-refractivity contribution in [2.75, 3.05) is 13.1 Å². The van der Waals surface area contributed by atoms with E-state index in [1.807, 2.05) is 13.0 Å². The lowest BCUT2D eigenvalue weighted by Gasteiger charge is -2.08. The average molecular weight is 221 g/mol. The van der Waals surface area contributed by atoms with Crippen molar-refractivity contribution in [2.24, 2.45) is 0 Å². The number of halogens is 1. The molecule has 1 rings (SSSR count). The number of nitrogens with one attached hydrogen (secondary N) is 1. The SMILES string of the molecule is C=C(CC)CNCCc1ccc(F)cc1C. The van der Waals surface area contributed by atoms with Crippen molar-refractivity contribution < 1.29 is 4.39 Å². The monoisotopic (exact) mass is 221 g/mol. The summed E-state index contributed by atoms with van der Waals surface area (Å²) < 4.78 is 12.9. The highest BCUT2D eigenvalue weighted by Gasteiger charge is 1.99. The van der Waals surface area contributed by atoms with Crippen molar-refractivity contribution >= 4 is 0 Å². The van der Waals surface area contributed by atoms with Crippen LogP contribution in [0, 0.1) is 12.7 Å². The van der Waals surface area contributed by atoms with Gasteiger partial charge in [0.15, 0.2) is 0 Å². The van der Waals surface area contributed by atoms with Crippen LogP contribution in [0.1, 0.15) is 24.5 Å². The summed E-state index contributed by atoms with van der Waals surface area (Å²) in [6, 6.07) is 4.97. The summed E-state index contributed by atoms with van der Waals surface area (Å²) in [5.41, 5.74) is 3.45. The van der Waals surface area contributed by atoms with E-state index >= 15 is 0 Å². The van der Waals surface area contributed by atoms with E-state index < -0.39 is 0 Å². The maximum Gasteiger partial charge on any atom is 0.123 e. The minimum atomic E-state index is -0.159. The van der Waals surface area contributed by atoms with Gasteiger partial charge < -0.3 is 5.32 Å². The predicted molar refractivity (Wildman–Crippen MR) is 67.1 cm³/mol. The Labute approximate surface area is 97.4 Å². The summed E-state index contributed by atoms with van der Waals surface area (Å²) in [5.74, 6) is -0.159. The van der Waals surface area contributed by atoms with E-state index in [1.165, 1.54) is 17.2 Å². The molecule has 1 nitrogen and oxygen atoms in total. The minimum absolute atomic E-state index is 0.159. The van der Waals surface area contributed by atoms with Gasteiger partial charge >= 0.3 is 0 Å². The van der Waals surface area contributed by atoms with E-state index in [0.717, 1.165) is 31.5 Å².